The number of esters is 4. The van der Waals surface area contributed by atoms with E-state index >= 15 is 0 Å². The van der Waals surface area contributed by atoms with Crippen molar-refractivity contribution in [1.82, 2.24) is 5.32 Å². The van der Waals surface area contributed by atoms with Gasteiger partial charge >= 0.3 is 23.9 Å². The number of carbonyl (C=O) groups excluding carboxylic acids is 4. The molecule has 4 saturated carbocycles. The van der Waals surface area contributed by atoms with Gasteiger partial charge in [0.2, 0.25) is 0 Å². The molecule has 0 heterocycles. The number of ether oxygens (including phenoxy) is 4. The summed E-state index contributed by atoms with van der Waals surface area (Å²) in [6.07, 6.45) is 7.49. The van der Waals surface area contributed by atoms with Crippen LogP contribution in [0.5, 0.6) is 0 Å². The van der Waals surface area contributed by atoms with E-state index in [1.54, 1.807) is 0 Å². The molecule has 4 aliphatic carbocycles. The molecule has 0 amide bonds. The third-order valence-corrected chi connectivity index (χ3v) is 14.4. The van der Waals surface area contributed by atoms with Gasteiger partial charge in [0.1, 0.15) is 23.9 Å². The summed E-state index contributed by atoms with van der Waals surface area (Å²) < 4.78 is 23.6. The van der Waals surface area contributed by atoms with Gasteiger partial charge in [0, 0.05) is 38.0 Å². The normalized spacial score (nSPS) is 38.8. The van der Waals surface area contributed by atoms with Crippen molar-refractivity contribution in [3.63, 3.8) is 0 Å². The van der Waals surface area contributed by atoms with Crippen LogP contribution in [0.3, 0.4) is 0 Å². The molecular formula is C39H65NO8. The first kappa shape index (κ1) is 38.6. The van der Waals surface area contributed by atoms with E-state index < -0.39 is 11.6 Å². The van der Waals surface area contributed by atoms with Crippen LogP contribution in [-0.2, 0) is 38.1 Å². The molecule has 0 radical (unpaired) electrons. The van der Waals surface area contributed by atoms with Gasteiger partial charge in [-0.3, -0.25) is 19.2 Å². The number of hydrogen-bond acceptors (Lipinski definition) is 9. The molecule has 0 aromatic rings. The second-order valence-corrected chi connectivity index (χ2v) is 17.7. The fraction of sp³-hybridized carbons (Fsp3) is 0.897. The lowest BCUT2D eigenvalue weighted by molar-refractivity contribution is -0.253. The predicted octanol–water partition coefficient (Wildman–Crippen LogP) is 7.03. The third-order valence-electron chi connectivity index (χ3n) is 14.4. The first-order valence-corrected chi connectivity index (χ1v) is 18.5. The van der Waals surface area contributed by atoms with Gasteiger partial charge in [0.15, 0.2) is 0 Å². The summed E-state index contributed by atoms with van der Waals surface area (Å²) in [6, 6.07) is -0.404. The number of rotatable bonds is 11. The zero-order valence-corrected chi connectivity index (χ0v) is 32.0. The fourth-order valence-electron chi connectivity index (χ4n) is 12.2. The monoisotopic (exact) mass is 675 g/mol. The lowest BCUT2D eigenvalue weighted by Gasteiger charge is -2.70. The van der Waals surface area contributed by atoms with E-state index in [9.17, 15) is 19.2 Å². The quantitative estimate of drug-likeness (QED) is 0.140. The van der Waals surface area contributed by atoms with Crippen molar-refractivity contribution in [2.24, 2.45) is 51.2 Å². The number of methoxy groups -OCH3 is 1. The molecule has 4 fully saturated rings. The summed E-state index contributed by atoms with van der Waals surface area (Å²) >= 11 is 0. The van der Waals surface area contributed by atoms with Gasteiger partial charge in [-0.2, -0.15) is 0 Å². The minimum atomic E-state index is -0.763. The van der Waals surface area contributed by atoms with Crippen molar-refractivity contribution in [1.29, 1.82) is 0 Å². The molecule has 0 aromatic carbocycles. The highest BCUT2D eigenvalue weighted by atomic mass is 16.6. The number of nitrogens with one attached hydrogen (secondary N) is 1. The smallest absolute Gasteiger partial charge is 0.323 e. The van der Waals surface area contributed by atoms with Crippen LogP contribution in [0.1, 0.15) is 134 Å². The Kier molecular flexibility index (Phi) is 11.2. The Bertz CT molecular complexity index is 1230. The van der Waals surface area contributed by atoms with Gasteiger partial charge in [-0.05, 0) is 105 Å². The Balaban J connectivity index is 1.67. The molecule has 0 spiro atoms. The zero-order valence-electron chi connectivity index (χ0n) is 32.0. The lowest BCUT2D eigenvalue weighted by atomic mass is 9.35. The van der Waals surface area contributed by atoms with E-state index in [2.05, 4.69) is 46.9 Å². The van der Waals surface area contributed by atoms with E-state index in [1.807, 2.05) is 13.8 Å². The van der Waals surface area contributed by atoms with Gasteiger partial charge in [-0.25, -0.2) is 0 Å². The highest BCUT2D eigenvalue weighted by molar-refractivity contribution is 5.75. The summed E-state index contributed by atoms with van der Waals surface area (Å²) in [6.45, 7) is 23.1. The van der Waals surface area contributed by atoms with E-state index in [1.165, 1.54) is 27.9 Å². The van der Waals surface area contributed by atoms with Crippen LogP contribution in [0.25, 0.3) is 0 Å². The fourth-order valence-corrected chi connectivity index (χ4v) is 12.2. The van der Waals surface area contributed by atoms with Crippen LogP contribution in [0, 0.1) is 51.2 Å². The van der Waals surface area contributed by atoms with E-state index in [0.717, 1.165) is 44.9 Å². The maximum Gasteiger partial charge on any atom is 0.323 e. The van der Waals surface area contributed by atoms with E-state index in [4.69, 9.17) is 18.9 Å². The largest absolute Gasteiger partial charge is 0.468 e. The molecule has 0 aliphatic heterocycles. The number of fused-ring (bicyclic) bond motifs is 5. The summed E-state index contributed by atoms with van der Waals surface area (Å²) in [5, 5.41) is 3.37. The third kappa shape index (κ3) is 6.67. The van der Waals surface area contributed by atoms with Gasteiger partial charge in [-0.15, -0.1) is 0 Å². The van der Waals surface area contributed by atoms with Crippen molar-refractivity contribution in [2.75, 3.05) is 13.7 Å². The predicted molar refractivity (Wildman–Crippen MR) is 184 cm³/mol. The topological polar surface area (TPSA) is 117 Å². The minimum Gasteiger partial charge on any atom is -0.468 e. The van der Waals surface area contributed by atoms with Gasteiger partial charge < -0.3 is 24.3 Å². The van der Waals surface area contributed by atoms with Gasteiger partial charge in [0.05, 0.1) is 7.11 Å². The molecule has 9 nitrogen and oxygen atoms in total. The Morgan fingerprint density at radius 3 is 2.02 bits per heavy atom. The van der Waals surface area contributed by atoms with Crippen LogP contribution in [-0.4, -0.2) is 61.4 Å². The van der Waals surface area contributed by atoms with Gasteiger partial charge in [-0.1, -0.05) is 48.5 Å². The maximum absolute atomic E-state index is 12.8. The molecular weight excluding hydrogens is 610 g/mol. The summed E-state index contributed by atoms with van der Waals surface area (Å²) in [5.74, 6) is -0.261. The van der Waals surface area contributed by atoms with Crippen LogP contribution in [0.2, 0.25) is 0 Å². The molecule has 0 aromatic heterocycles. The molecule has 0 saturated heterocycles. The molecule has 11 atom stereocenters. The first-order valence-electron chi connectivity index (χ1n) is 18.5. The zero-order chi connectivity index (χ0) is 36.0. The van der Waals surface area contributed by atoms with Crippen LogP contribution in [0.15, 0.2) is 0 Å². The van der Waals surface area contributed by atoms with E-state index in [0.29, 0.717) is 31.2 Å². The lowest BCUT2D eigenvalue weighted by Crippen LogP contribution is -2.67. The van der Waals surface area contributed by atoms with Gasteiger partial charge in [0.25, 0.3) is 0 Å². The summed E-state index contributed by atoms with van der Waals surface area (Å²) in [7, 11) is 1.41. The molecule has 9 heteroatoms. The second kappa shape index (κ2) is 13.9. The molecule has 4 rings (SSSR count). The summed E-state index contributed by atoms with van der Waals surface area (Å²) in [5.41, 5.74) is -1.09. The molecule has 0 bridgehead atoms. The van der Waals surface area contributed by atoms with Crippen LogP contribution in [0.4, 0.5) is 0 Å². The number of carbonyl (C=O) groups is 4. The molecule has 48 heavy (non-hydrogen) atoms. The first-order chi connectivity index (χ1) is 22.2. The molecule has 1 N–H and O–H groups in total. The minimum absolute atomic E-state index is 0.00490. The highest BCUT2D eigenvalue weighted by Crippen LogP contribution is 2.76. The summed E-state index contributed by atoms with van der Waals surface area (Å²) in [4.78, 5) is 49.9. The van der Waals surface area contributed by atoms with Crippen LogP contribution < -0.4 is 5.32 Å². The van der Waals surface area contributed by atoms with Crippen molar-refractivity contribution < 1.29 is 38.1 Å². The Morgan fingerprint density at radius 2 is 1.46 bits per heavy atom. The Hall–Kier alpha value is -2.16. The van der Waals surface area contributed by atoms with E-state index in [-0.39, 0.29) is 75.5 Å². The van der Waals surface area contributed by atoms with Crippen molar-refractivity contribution in [3.05, 3.63) is 0 Å². The molecule has 4 aliphatic rings. The van der Waals surface area contributed by atoms with Crippen molar-refractivity contribution >= 4 is 23.9 Å². The maximum atomic E-state index is 12.8. The Labute approximate surface area is 289 Å². The standard InChI is InChI=1S/C39H65NO8/c1-23(2)33(34(44)45-12)40-21-13-17-39(11,48-26(5)43)27-14-19-38(10)32(27)28(46-24(3)41)22-30-36(8)18-16-31(47-25(4)42)35(6,7)29(36)15-20-37(30,38)9/h23,27-33,40H,13-22H2,1-12H3/t27?,28?,29?,30?,31-,32-,33-,36-,37+,38+,39?/m0/s1. The van der Waals surface area contributed by atoms with Crippen molar-refractivity contribution in [2.45, 2.75) is 158 Å². The average molecular weight is 676 g/mol. The second-order valence-electron chi connectivity index (χ2n) is 17.7. The van der Waals surface area contributed by atoms with Crippen molar-refractivity contribution in [3.8, 4) is 0 Å². The molecule has 5 unspecified atom stereocenters. The molecule has 274 valence electrons. The Morgan fingerprint density at radius 1 is 0.833 bits per heavy atom. The SMILES string of the molecule is COC(=O)[C@@H](NCCCC(C)(OC(C)=O)C1CC[C@]2(C)[C@@H]1C(OC(C)=O)CC1[C@@]3(C)CC[C@H](OC(C)=O)C(C)(C)C3CC[C@]12C)C(C)C. The highest BCUT2D eigenvalue weighted by Gasteiger charge is 2.72. The average Bonchev–Trinajstić information content (AvgIpc) is 3.34. The number of hydrogen-bond donors (Lipinski definition) is 1. The van der Waals surface area contributed by atoms with Crippen LogP contribution >= 0.6 is 0 Å².